The number of pyridine rings is 1. The Morgan fingerprint density at radius 3 is 2.42 bits per heavy atom. The number of hydrogen-bond acceptors (Lipinski definition) is 6. The summed E-state index contributed by atoms with van der Waals surface area (Å²) in [6.07, 6.45) is 1.66. The molecule has 33 heavy (non-hydrogen) atoms. The van der Waals surface area contributed by atoms with Crippen molar-refractivity contribution < 1.29 is 23.8 Å². The van der Waals surface area contributed by atoms with Crippen LogP contribution in [0.15, 0.2) is 65.6 Å². The van der Waals surface area contributed by atoms with Crippen molar-refractivity contribution in [2.45, 2.75) is 20.4 Å². The number of hydrogen-bond donors (Lipinski definition) is 1. The predicted molar refractivity (Wildman–Crippen MR) is 124 cm³/mol. The van der Waals surface area contributed by atoms with E-state index in [2.05, 4.69) is 5.32 Å². The summed E-state index contributed by atoms with van der Waals surface area (Å²) in [4.78, 5) is 36.1. The van der Waals surface area contributed by atoms with E-state index in [0.717, 1.165) is 5.75 Å². The third kappa shape index (κ3) is 6.46. The Morgan fingerprint density at radius 1 is 1.00 bits per heavy atom. The maximum absolute atomic E-state index is 12.3. The first-order chi connectivity index (χ1) is 15.9. The Balaban J connectivity index is 1.58. The molecule has 1 N–H and O–H groups in total. The largest absolute Gasteiger partial charge is 0.497 e. The van der Waals surface area contributed by atoms with Crippen molar-refractivity contribution in [3.63, 3.8) is 0 Å². The van der Waals surface area contributed by atoms with Crippen LogP contribution in [0.5, 0.6) is 17.2 Å². The molecule has 0 radical (unpaired) electrons. The standard InChI is InChI=1S/C25H26N2O6/c1-17-25(33-16-24(30)26-20-6-4-5-19(15-20)18(2)28)23(29)11-12-27(17)13-14-32-22-9-7-21(31-3)8-10-22/h4-12,15H,13-14,16H2,1-3H3,(H,26,30). The summed E-state index contributed by atoms with van der Waals surface area (Å²) in [5.74, 6) is 1.02. The molecule has 172 valence electrons. The van der Waals surface area contributed by atoms with Crippen molar-refractivity contribution >= 4 is 17.4 Å². The number of ether oxygens (including phenoxy) is 3. The van der Waals surface area contributed by atoms with E-state index in [0.29, 0.717) is 35.8 Å². The maximum Gasteiger partial charge on any atom is 0.262 e. The molecule has 1 aromatic heterocycles. The number of methoxy groups -OCH3 is 1. The summed E-state index contributed by atoms with van der Waals surface area (Å²) in [6, 6.07) is 15.3. The fourth-order valence-corrected chi connectivity index (χ4v) is 3.16. The van der Waals surface area contributed by atoms with E-state index in [4.69, 9.17) is 14.2 Å². The molecular weight excluding hydrogens is 424 g/mol. The molecule has 1 heterocycles. The van der Waals surface area contributed by atoms with Crippen molar-refractivity contribution in [3.8, 4) is 17.2 Å². The molecule has 0 aliphatic rings. The fraction of sp³-hybridized carbons (Fsp3) is 0.240. The zero-order chi connectivity index (χ0) is 23.8. The van der Waals surface area contributed by atoms with Crippen molar-refractivity contribution in [1.82, 2.24) is 4.57 Å². The molecule has 0 saturated carbocycles. The number of Topliss-reactive ketones (excluding diaryl/α,β-unsaturated/α-hetero) is 1. The van der Waals surface area contributed by atoms with Crippen LogP contribution in [-0.2, 0) is 11.3 Å². The van der Waals surface area contributed by atoms with Crippen molar-refractivity contribution in [2.24, 2.45) is 0 Å². The highest BCUT2D eigenvalue weighted by molar-refractivity contribution is 5.97. The molecule has 0 unspecified atom stereocenters. The van der Waals surface area contributed by atoms with E-state index in [9.17, 15) is 14.4 Å². The molecule has 0 saturated heterocycles. The van der Waals surface area contributed by atoms with Crippen LogP contribution in [0.25, 0.3) is 0 Å². The van der Waals surface area contributed by atoms with Crippen molar-refractivity contribution in [2.75, 3.05) is 25.6 Å². The third-order valence-corrected chi connectivity index (χ3v) is 4.95. The molecule has 0 spiro atoms. The monoisotopic (exact) mass is 450 g/mol. The number of nitrogens with one attached hydrogen (secondary N) is 1. The summed E-state index contributed by atoms with van der Waals surface area (Å²) in [5.41, 5.74) is 1.25. The minimum Gasteiger partial charge on any atom is -0.497 e. The first kappa shape index (κ1) is 23.6. The number of rotatable bonds is 10. The van der Waals surface area contributed by atoms with Crippen molar-refractivity contribution in [1.29, 1.82) is 0 Å². The van der Waals surface area contributed by atoms with Gasteiger partial charge in [-0.2, -0.15) is 0 Å². The van der Waals surface area contributed by atoms with Gasteiger partial charge >= 0.3 is 0 Å². The zero-order valence-electron chi connectivity index (χ0n) is 18.8. The molecule has 0 atom stereocenters. The number of benzene rings is 2. The minimum absolute atomic E-state index is 0.0984. The average molecular weight is 450 g/mol. The second kappa shape index (κ2) is 11.0. The van der Waals surface area contributed by atoms with Gasteiger partial charge in [0.1, 0.15) is 18.1 Å². The number of anilines is 1. The lowest BCUT2D eigenvalue weighted by Gasteiger charge is -2.15. The van der Waals surface area contributed by atoms with Gasteiger partial charge in [0.2, 0.25) is 5.43 Å². The van der Waals surface area contributed by atoms with Gasteiger partial charge in [-0.05, 0) is 50.2 Å². The number of carbonyl (C=O) groups is 2. The first-order valence-electron chi connectivity index (χ1n) is 10.4. The van der Waals surface area contributed by atoms with Gasteiger partial charge in [-0.3, -0.25) is 14.4 Å². The first-order valence-corrected chi connectivity index (χ1v) is 10.4. The molecule has 0 aliphatic carbocycles. The van der Waals surface area contributed by atoms with Gasteiger partial charge in [0.15, 0.2) is 18.1 Å². The van der Waals surface area contributed by atoms with Gasteiger partial charge in [-0.25, -0.2) is 0 Å². The number of amides is 1. The van der Waals surface area contributed by atoms with Crippen molar-refractivity contribution in [3.05, 3.63) is 82.3 Å². The Kier molecular flexibility index (Phi) is 7.86. The fourth-order valence-electron chi connectivity index (χ4n) is 3.16. The Morgan fingerprint density at radius 2 is 1.73 bits per heavy atom. The summed E-state index contributed by atoms with van der Waals surface area (Å²) in [5, 5.41) is 2.67. The van der Waals surface area contributed by atoms with Gasteiger partial charge in [0, 0.05) is 23.5 Å². The third-order valence-electron chi connectivity index (χ3n) is 4.95. The molecule has 0 fully saturated rings. The second-order valence-electron chi connectivity index (χ2n) is 7.29. The van der Waals surface area contributed by atoms with E-state index < -0.39 is 5.91 Å². The lowest BCUT2D eigenvalue weighted by molar-refractivity contribution is -0.118. The second-order valence-corrected chi connectivity index (χ2v) is 7.29. The van der Waals surface area contributed by atoms with Gasteiger partial charge in [0.05, 0.1) is 19.3 Å². The molecule has 2 aromatic carbocycles. The molecule has 3 aromatic rings. The van der Waals surface area contributed by atoms with E-state index in [-0.39, 0.29) is 23.6 Å². The summed E-state index contributed by atoms with van der Waals surface area (Å²) in [7, 11) is 1.60. The highest BCUT2D eigenvalue weighted by Gasteiger charge is 2.12. The van der Waals surface area contributed by atoms with Crippen LogP contribution in [0.2, 0.25) is 0 Å². The summed E-state index contributed by atoms with van der Waals surface area (Å²) >= 11 is 0. The molecular formula is C25H26N2O6. The van der Waals surface area contributed by atoms with E-state index >= 15 is 0 Å². The smallest absolute Gasteiger partial charge is 0.262 e. The van der Waals surface area contributed by atoms with Crippen LogP contribution in [-0.4, -0.2) is 36.6 Å². The van der Waals surface area contributed by atoms with Crippen LogP contribution in [0.4, 0.5) is 5.69 Å². The van der Waals surface area contributed by atoms with Crippen LogP contribution >= 0.6 is 0 Å². The number of ketones is 1. The highest BCUT2D eigenvalue weighted by Crippen LogP contribution is 2.18. The van der Waals surface area contributed by atoms with Gasteiger partial charge < -0.3 is 24.1 Å². The summed E-state index contributed by atoms with van der Waals surface area (Å²) < 4.78 is 18.2. The van der Waals surface area contributed by atoms with Gasteiger partial charge in [-0.15, -0.1) is 0 Å². The van der Waals surface area contributed by atoms with E-state index in [1.54, 1.807) is 44.5 Å². The molecule has 8 nitrogen and oxygen atoms in total. The molecule has 0 bridgehead atoms. The van der Waals surface area contributed by atoms with Crippen LogP contribution in [0, 0.1) is 6.92 Å². The average Bonchev–Trinajstić information content (AvgIpc) is 2.81. The van der Waals surface area contributed by atoms with Gasteiger partial charge in [-0.1, -0.05) is 12.1 Å². The zero-order valence-corrected chi connectivity index (χ0v) is 18.8. The Hall–Kier alpha value is -4.07. The van der Waals surface area contributed by atoms with Crippen LogP contribution < -0.4 is 25.0 Å². The SMILES string of the molecule is COc1ccc(OCCn2ccc(=O)c(OCC(=O)Nc3cccc(C(C)=O)c3)c2C)cc1. The molecule has 0 aliphatic heterocycles. The molecule has 3 rings (SSSR count). The minimum atomic E-state index is -0.437. The Bertz CT molecular complexity index is 1180. The lowest BCUT2D eigenvalue weighted by Crippen LogP contribution is -2.24. The topological polar surface area (TPSA) is 95.9 Å². The predicted octanol–water partition coefficient (Wildman–Crippen LogP) is 3.46. The number of nitrogens with zero attached hydrogens (tertiary/aromatic N) is 1. The van der Waals surface area contributed by atoms with Crippen LogP contribution in [0.1, 0.15) is 23.0 Å². The maximum atomic E-state index is 12.3. The molecule has 1 amide bonds. The summed E-state index contributed by atoms with van der Waals surface area (Å²) in [6.45, 7) is 3.72. The quantitative estimate of drug-likeness (QED) is 0.475. The number of aromatic nitrogens is 1. The van der Waals surface area contributed by atoms with Crippen LogP contribution in [0.3, 0.4) is 0 Å². The van der Waals surface area contributed by atoms with E-state index in [1.165, 1.54) is 13.0 Å². The lowest BCUT2D eigenvalue weighted by atomic mass is 10.1. The Labute approximate surface area is 191 Å². The van der Waals surface area contributed by atoms with E-state index in [1.807, 2.05) is 28.8 Å². The van der Waals surface area contributed by atoms with Gasteiger partial charge in [0.25, 0.3) is 5.91 Å². The number of carbonyl (C=O) groups excluding carboxylic acids is 2. The molecule has 8 heteroatoms. The normalized spacial score (nSPS) is 10.4. The highest BCUT2D eigenvalue weighted by atomic mass is 16.5.